The van der Waals surface area contributed by atoms with E-state index in [1.165, 1.54) is 19.3 Å². The highest BCUT2D eigenvalue weighted by Crippen LogP contribution is 2.26. The Labute approximate surface area is 133 Å². The van der Waals surface area contributed by atoms with Gasteiger partial charge in [-0.25, -0.2) is 0 Å². The Kier molecular flexibility index (Phi) is 4.41. The summed E-state index contributed by atoms with van der Waals surface area (Å²) in [6, 6.07) is 5.34. The van der Waals surface area contributed by atoms with Crippen LogP contribution in [0.1, 0.15) is 19.3 Å². The molecular formula is C14H15Cl2N5. The average Bonchev–Trinajstić information content (AvgIpc) is 2.52. The van der Waals surface area contributed by atoms with E-state index >= 15 is 0 Å². The van der Waals surface area contributed by atoms with Crippen molar-refractivity contribution in [3.8, 4) is 0 Å². The van der Waals surface area contributed by atoms with Crippen LogP contribution in [-0.2, 0) is 0 Å². The summed E-state index contributed by atoms with van der Waals surface area (Å²) >= 11 is 11.9. The minimum Gasteiger partial charge on any atom is -0.339 e. The quantitative estimate of drug-likeness (QED) is 0.927. The van der Waals surface area contributed by atoms with Crippen LogP contribution in [0, 0.1) is 0 Å². The van der Waals surface area contributed by atoms with Crippen LogP contribution in [0.2, 0.25) is 10.0 Å². The summed E-state index contributed by atoms with van der Waals surface area (Å²) < 4.78 is 0. The molecule has 2 heterocycles. The zero-order chi connectivity index (χ0) is 14.7. The van der Waals surface area contributed by atoms with Crippen LogP contribution in [-0.4, -0.2) is 28.3 Å². The molecule has 1 aliphatic rings. The molecule has 1 saturated heterocycles. The third kappa shape index (κ3) is 3.54. The molecule has 0 radical (unpaired) electrons. The van der Waals surface area contributed by atoms with E-state index in [1.807, 2.05) is 6.07 Å². The topological polar surface area (TPSA) is 53.9 Å². The van der Waals surface area contributed by atoms with Crippen molar-refractivity contribution in [2.45, 2.75) is 19.3 Å². The van der Waals surface area contributed by atoms with Crippen LogP contribution in [0.3, 0.4) is 0 Å². The number of aromatic nitrogens is 3. The largest absolute Gasteiger partial charge is 0.339 e. The summed E-state index contributed by atoms with van der Waals surface area (Å²) in [5, 5.41) is 12.3. The Morgan fingerprint density at radius 3 is 2.62 bits per heavy atom. The van der Waals surface area contributed by atoms with Gasteiger partial charge in [-0.3, -0.25) is 0 Å². The van der Waals surface area contributed by atoms with Crippen molar-refractivity contribution in [1.29, 1.82) is 0 Å². The van der Waals surface area contributed by atoms with E-state index in [4.69, 9.17) is 23.2 Å². The Hall–Kier alpha value is -1.59. The number of halogens is 2. The summed E-state index contributed by atoms with van der Waals surface area (Å²) in [5.74, 6) is 1.31. The predicted octanol–water partition coefficient (Wildman–Crippen LogP) is 3.91. The van der Waals surface area contributed by atoms with Crippen LogP contribution < -0.4 is 10.2 Å². The standard InChI is InChI=1S/C14H15Cl2N5/c15-11-5-4-10(8-12(11)16)18-13-9-17-20-14(19-13)21-6-2-1-3-7-21/h4-5,8-9H,1-3,6-7H2,(H,18,19,20). The van der Waals surface area contributed by atoms with Gasteiger partial charge in [0.1, 0.15) is 0 Å². The van der Waals surface area contributed by atoms with Crippen molar-refractivity contribution in [1.82, 2.24) is 15.2 Å². The number of anilines is 3. The van der Waals surface area contributed by atoms with Gasteiger partial charge in [0.25, 0.3) is 0 Å². The minimum atomic E-state index is 0.500. The molecule has 1 aromatic heterocycles. The molecule has 0 saturated carbocycles. The van der Waals surface area contributed by atoms with Crippen molar-refractivity contribution in [2.24, 2.45) is 0 Å². The molecule has 0 bridgehead atoms. The van der Waals surface area contributed by atoms with Gasteiger partial charge in [0.2, 0.25) is 5.95 Å². The SMILES string of the molecule is Clc1ccc(Nc2cnnc(N3CCCCC3)n2)cc1Cl. The van der Waals surface area contributed by atoms with Crippen molar-refractivity contribution in [2.75, 3.05) is 23.3 Å². The highest BCUT2D eigenvalue weighted by atomic mass is 35.5. The smallest absolute Gasteiger partial charge is 0.247 e. The number of benzene rings is 1. The number of piperidine rings is 1. The monoisotopic (exact) mass is 323 g/mol. The molecule has 1 N–H and O–H groups in total. The lowest BCUT2D eigenvalue weighted by atomic mass is 10.1. The molecule has 0 spiro atoms. The van der Waals surface area contributed by atoms with Crippen LogP contribution in [0.15, 0.2) is 24.4 Å². The zero-order valence-electron chi connectivity index (χ0n) is 11.4. The van der Waals surface area contributed by atoms with Crippen LogP contribution >= 0.6 is 23.2 Å². The number of nitrogens with one attached hydrogen (secondary N) is 1. The van der Waals surface area contributed by atoms with Crippen LogP contribution in [0.25, 0.3) is 0 Å². The van der Waals surface area contributed by atoms with Gasteiger partial charge in [-0.15, -0.1) is 5.10 Å². The third-order valence-corrected chi connectivity index (χ3v) is 4.12. The second-order valence-electron chi connectivity index (χ2n) is 4.94. The fraction of sp³-hybridized carbons (Fsp3) is 0.357. The Morgan fingerprint density at radius 1 is 1.05 bits per heavy atom. The van der Waals surface area contributed by atoms with Gasteiger partial charge in [0.15, 0.2) is 5.82 Å². The Morgan fingerprint density at radius 2 is 1.86 bits per heavy atom. The van der Waals surface area contributed by atoms with Crippen LogP contribution in [0.4, 0.5) is 17.5 Å². The first kappa shape index (κ1) is 14.4. The highest BCUT2D eigenvalue weighted by molar-refractivity contribution is 6.42. The fourth-order valence-corrected chi connectivity index (χ4v) is 2.60. The molecular weight excluding hydrogens is 309 g/mol. The van der Waals surface area contributed by atoms with Gasteiger partial charge in [-0.2, -0.15) is 10.1 Å². The first-order chi connectivity index (χ1) is 10.2. The fourth-order valence-electron chi connectivity index (χ4n) is 2.30. The van der Waals surface area contributed by atoms with Gasteiger partial charge in [-0.1, -0.05) is 23.2 Å². The lowest BCUT2D eigenvalue weighted by molar-refractivity contribution is 0.565. The molecule has 1 aromatic carbocycles. The molecule has 3 rings (SSSR count). The van der Waals surface area contributed by atoms with Gasteiger partial charge >= 0.3 is 0 Å². The summed E-state index contributed by atoms with van der Waals surface area (Å²) in [6.07, 6.45) is 5.21. The van der Waals surface area contributed by atoms with E-state index in [0.717, 1.165) is 18.8 Å². The van der Waals surface area contributed by atoms with Crippen LogP contribution in [0.5, 0.6) is 0 Å². The Balaban J connectivity index is 1.77. The predicted molar refractivity (Wildman–Crippen MR) is 85.6 cm³/mol. The van der Waals surface area contributed by atoms with E-state index < -0.39 is 0 Å². The lowest BCUT2D eigenvalue weighted by Crippen LogP contribution is -2.31. The summed E-state index contributed by atoms with van der Waals surface area (Å²) in [4.78, 5) is 6.67. The van der Waals surface area contributed by atoms with Crippen molar-refractivity contribution in [3.63, 3.8) is 0 Å². The molecule has 21 heavy (non-hydrogen) atoms. The van der Waals surface area contributed by atoms with Gasteiger partial charge < -0.3 is 10.2 Å². The summed E-state index contributed by atoms with van der Waals surface area (Å²) in [7, 11) is 0. The Bertz CT molecular complexity index is 629. The second kappa shape index (κ2) is 6.45. The maximum atomic E-state index is 6.00. The first-order valence-corrected chi connectivity index (χ1v) is 7.65. The number of hydrogen-bond donors (Lipinski definition) is 1. The van der Waals surface area contributed by atoms with Gasteiger partial charge in [0, 0.05) is 18.8 Å². The summed E-state index contributed by atoms with van der Waals surface area (Å²) in [6.45, 7) is 1.97. The van der Waals surface area contributed by atoms with Crippen molar-refractivity contribution < 1.29 is 0 Å². The molecule has 7 heteroatoms. The number of rotatable bonds is 3. The number of nitrogens with zero attached hydrogens (tertiary/aromatic N) is 4. The molecule has 0 unspecified atom stereocenters. The van der Waals surface area contributed by atoms with E-state index in [9.17, 15) is 0 Å². The highest BCUT2D eigenvalue weighted by Gasteiger charge is 2.14. The molecule has 0 aliphatic carbocycles. The van der Waals surface area contributed by atoms with Gasteiger partial charge in [0.05, 0.1) is 16.2 Å². The maximum absolute atomic E-state index is 6.00. The normalized spacial score (nSPS) is 15.0. The zero-order valence-corrected chi connectivity index (χ0v) is 12.9. The molecule has 5 nitrogen and oxygen atoms in total. The third-order valence-electron chi connectivity index (χ3n) is 3.38. The average molecular weight is 324 g/mol. The first-order valence-electron chi connectivity index (χ1n) is 6.89. The van der Waals surface area contributed by atoms with E-state index in [2.05, 4.69) is 25.4 Å². The second-order valence-corrected chi connectivity index (χ2v) is 5.76. The molecule has 0 atom stereocenters. The number of hydrogen-bond acceptors (Lipinski definition) is 5. The maximum Gasteiger partial charge on any atom is 0.247 e. The van der Waals surface area contributed by atoms with Crippen molar-refractivity contribution in [3.05, 3.63) is 34.4 Å². The molecule has 0 amide bonds. The minimum absolute atomic E-state index is 0.500. The molecule has 1 aliphatic heterocycles. The van der Waals surface area contributed by atoms with E-state index in [-0.39, 0.29) is 0 Å². The van der Waals surface area contributed by atoms with Gasteiger partial charge in [-0.05, 0) is 37.5 Å². The lowest BCUT2D eigenvalue weighted by Gasteiger charge is -2.26. The van der Waals surface area contributed by atoms with E-state index in [0.29, 0.717) is 21.8 Å². The molecule has 2 aromatic rings. The summed E-state index contributed by atoms with van der Waals surface area (Å²) in [5.41, 5.74) is 0.814. The van der Waals surface area contributed by atoms with E-state index in [1.54, 1.807) is 18.3 Å². The molecule has 1 fully saturated rings. The van der Waals surface area contributed by atoms with Crippen molar-refractivity contribution >= 4 is 40.7 Å². The molecule has 110 valence electrons.